The third-order valence-electron chi connectivity index (χ3n) is 6.34. The summed E-state index contributed by atoms with van der Waals surface area (Å²) >= 11 is 6.15. The summed E-state index contributed by atoms with van der Waals surface area (Å²) < 4.78 is 2.18. The van der Waals surface area contributed by atoms with E-state index >= 15 is 0 Å². The summed E-state index contributed by atoms with van der Waals surface area (Å²) in [5, 5.41) is 4.28. The Morgan fingerprint density at radius 2 is 1.85 bits per heavy atom. The first-order chi connectivity index (χ1) is 15.9. The van der Waals surface area contributed by atoms with Gasteiger partial charge in [-0.05, 0) is 63.3 Å². The van der Waals surface area contributed by atoms with Crippen molar-refractivity contribution in [3.05, 3.63) is 76.1 Å². The third kappa shape index (κ3) is 4.17. The average molecular weight is 457 g/mol. The van der Waals surface area contributed by atoms with Crippen molar-refractivity contribution in [1.29, 1.82) is 0 Å². The van der Waals surface area contributed by atoms with Gasteiger partial charge in [0.15, 0.2) is 5.52 Å². The molecule has 2 atom stereocenters. The Labute approximate surface area is 198 Å². The molecule has 1 unspecified atom stereocenters. The van der Waals surface area contributed by atoms with Gasteiger partial charge in [0.2, 0.25) is 11.5 Å². The lowest BCUT2D eigenvalue weighted by Gasteiger charge is -2.20. The molecular weight excluding hydrogens is 432 g/mol. The first-order valence-electron chi connectivity index (χ1n) is 11.2. The van der Waals surface area contributed by atoms with Crippen LogP contribution in [0, 0.1) is 19.4 Å². The number of rotatable bonds is 6. The Hall–Kier alpha value is -3.43. The molecule has 2 aromatic carbocycles. The highest BCUT2D eigenvalue weighted by Crippen LogP contribution is 2.38. The summed E-state index contributed by atoms with van der Waals surface area (Å²) in [5.74, 6) is 2.20. The van der Waals surface area contributed by atoms with Crippen molar-refractivity contribution < 1.29 is 0 Å². The van der Waals surface area contributed by atoms with Crippen LogP contribution in [-0.2, 0) is 0 Å². The van der Waals surface area contributed by atoms with Crippen LogP contribution in [0.3, 0.4) is 0 Å². The number of hydrogen-bond donors (Lipinski definition) is 1. The number of halogens is 1. The Morgan fingerprint density at radius 1 is 1.09 bits per heavy atom. The largest absolute Gasteiger partial charge is 0.394 e. The zero-order valence-corrected chi connectivity index (χ0v) is 19.6. The molecule has 4 aromatic rings. The van der Waals surface area contributed by atoms with E-state index in [1.54, 1.807) is 0 Å². The molecule has 0 aliphatic heterocycles. The first kappa shape index (κ1) is 21.4. The summed E-state index contributed by atoms with van der Waals surface area (Å²) in [4.78, 5) is 17.5. The molecule has 2 heterocycles. The smallest absolute Gasteiger partial charge is 0.375 e. The fourth-order valence-electron chi connectivity index (χ4n) is 4.33. The summed E-state index contributed by atoms with van der Waals surface area (Å²) in [5.41, 5.74) is 4.59. The van der Waals surface area contributed by atoms with Crippen LogP contribution in [-0.4, -0.2) is 25.6 Å². The predicted molar refractivity (Wildman–Crippen MR) is 133 cm³/mol. The number of benzene rings is 2. The number of aromatic nitrogens is 4. The fourth-order valence-corrected chi connectivity index (χ4v) is 4.45. The van der Waals surface area contributed by atoms with Crippen molar-refractivity contribution in [1.82, 2.24) is 19.5 Å². The zero-order chi connectivity index (χ0) is 23.1. The monoisotopic (exact) mass is 456 g/mol. The number of imidazole rings is 1. The predicted octanol–water partition coefficient (Wildman–Crippen LogP) is 6.83. The molecule has 0 saturated heterocycles. The summed E-state index contributed by atoms with van der Waals surface area (Å²) in [6, 6.07) is 16.4. The van der Waals surface area contributed by atoms with E-state index in [9.17, 15) is 0 Å². The average Bonchev–Trinajstić information content (AvgIpc) is 3.59. The van der Waals surface area contributed by atoms with Crippen LogP contribution in [0.2, 0.25) is 5.02 Å². The van der Waals surface area contributed by atoms with Gasteiger partial charge in [-0.25, -0.2) is 0 Å². The Bertz CT molecular complexity index is 1360. The molecule has 166 valence electrons. The highest BCUT2D eigenvalue weighted by molar-refractivity contribution is 6.30. The maximum atomic E-state index is 7.51. The fraction of sp³-hybridized carbons (Fsp3) is 0.308. The third-order valence-corrected chi connectivity index (χ3v) is 6.60. The Kier molecular flexibility index (Phi) is 5.51. The molecule has 5 rings (SSSR count). The van der Waals surface area contributed by atoms with E-state index in [0.29, 0.717) is 22.4 Å². The van der Waals surface area contributed by atoms with E-state index in [4.69, 9.17) is 23.2 Å². The van der Waals surface area contributed by atoms with Crippen molar-refractivity contribution in [3.8, 4) is 11.4 Å². The van der Waals surface area contributed by atoms with Crippen LogP contribution in [0.1, 0.15) is 43.9 Å². The maximum Gasteiger partial charge on any atom is 0.375 e. The van der Waals surface area contributed by atoms with Crippen LogP contribution < -0.4 is 5.32 Å². The normalized spacial score (nSPS) is 15.2. The molecular formula is C26H25ClN6. The standard InChI is InChI=1S/C26H25ClN6/c1-15-6-5-7-20(14-15)25-30-24-22(33(25)17(3)19-10-12-21(27)13-11-19)23(31-26(28-4)32-24)29-16(2)18-8-9-18/h5-7,10-14,16-18H,8-9H2,1-3H3,(H,29,31,32)/t16-,17?/m1/s1. The van der Waals surface area contributed by atoms with Crippen molar-refractivity contribution in [2.24, 2.45) is 5.92 Å². The van der Waals surface area contributed by atoms with Crippen molar-refractivity contribution in [3.63, 3.8) is 0 Å². The lowest BCUT2D eigenvalue weighted by atomic mass is 10.1. The second-order valence-electron chi connectivity index (χ2n) is 8.83. The summed E-state index contributed by atoms with van der Waals surface area (Å²) in [6.07, 6.45) is 2.43. The van der Waals surface area contributed by atoms with Crippen LogP contribution in [0.5, 0.6) is 0 Å². The van der Waals surface area contributed by atoms with Gasteiger partial charge in [0, 0.05) is 16.6 Å². The van der Waals surface area contributed by atoms with E-state index in [1.807, 2.05) is 30.3 Å². The van der Waals surface area contributed by atoms with Crippen molar-refractivity contribution in [2.75, 3.05) is 5.32 Å². The van der Waals surface area contributed by atoms with Crippen LogP contribution in [0.25, 0.3) is 27.4 Å². The van der Waals surface area contributed by atoms with Crippen LogP contribution in [0.15, 0.2) is 48.5 Å². The molecule has 1 fully saturated rings. The maximum absolute atomic E-state index is 7.51. The number of anilines is 1. The van der Waals surface area contributed by atoms with Gasteiger partial charge in [0.1, 0.15) is 5.82 Å². The van der Waals surface area contributed by atoms with E-state index in [2.05, 4.69) is 63.7 Å². The van der Waals surface area contributed by atoms with Gasteiger partial charge in [-0.3, -0.25) is 0 Å². The van der Waals surface area contributed by atoms with Gasteiger partial charge in [0.05, 0.1) is 6.04 Å². The zero-order valence-electron chi connectivity index (χ0n) is 18.9. The van der Waals surface area contributed by atoms with E-state index < -0.39 is 0 Å². The number of aryl methyl sites for hydroxylation is 1. The first-order valence-corrected chi connectivity index (χ1v) is 11.6. The molecule has 1 aliphatic carbocycles. The van der Waals surface area contributed by atoms with Crippen molar-refractivity contribution >= 4 is 34.5 Å². The molecule has 0 radical (unpaired) electrons. The minimum atomic E-state index is -0.0537. The quantitative estimate of drug-likeness (QED) is 0.323. The van der Waals surface area contributed by atoms with Gasteiger partial charge in [-0.2, -0.15) is 4.98 Å². The summed E-state index contributed by atoms with van der Waals surface area (Å²) in [7, 11) is 0. The van der Waals surface area contributed by atoms with Crippen LogP contribution in [0.4, 0.5) is 11.8 Å². The van der Waals surface area contributed by atoms with Gasteiger partial charge in [0.25, 0.3) is 0 Å². The second kappa shape index (κ2) is 8.49. The number of hydrogen-bond acceptors (Lipinski definition) is 4. The molecule has 6 nitrogen and oxygen atoms in total. The minimum Gasteiger partial charge on any atom is -0.394 e. The van der Waals surface area contributed by atoms with E-state index in [-0.39, 0.29) is 18.0 Å². The minimum absolute atomic E-state index is 0.0537. The van der Waals surface area contributed by atoms with Gasteiger partial charge >= 0.3 is 5.95 Å². The molecule has 2 aromatic heterocycles. The number of nitrogens with one attached hydrogen (secondary N) is 1. The lowest BCUT2D eigenvalue weighted by molar-refractivity contribution is 0.660. The summed E-state index contributed by atoms with van der Waals surface area (Å²) in [6.45, 7) is 13.9. The van der Waals surface area contributed by atoms with Crippen molar-refractivity contribution in [2.45, 2.75) is 45.7 Å². The molecule has 1 saturated carbocycles. The molecule has 0 amide bonds. The molecule has 7 heteroatoms. The Balaban J connectivity index is 1.77. The molecule has 33 heavy (non-hydrogen) atoms. The molecule has 0 bridgehead atoms. The highest BCUT2D eigenvalue weighted by atomic mass is 35.5. The lowest BCUT2D eigenvalue weighted by Crippen LogP contribution is -2.19. The molecule has 1 aliphatic rings. The Morgan fingerprint density at radius 3 is 2.52 bits per heavy atom. The number of fused-ring (bicyclic) bond motifs is 1. The van der Waals surface area contributed by atoms with Gasteiger partial charge in [-0.1, -0.05) is 47.5 Å². The second-order valence-corrected chi connectivity index (χ2v) is 9.27. The molecule has 1 N–H and O–H groups in total. The topological polar surface area (TPSA) is 60.0 Å². The van der Waals surface area contributed by atoms with Gasteiger partial charge in [-0.15, -0.1) is 16.5 Å². The highest BCUT2D eigenvalue weighted by Gasteiger charge is 2.31. The van der Waals surface area contributed by atoms with Crippen LogP contribution >= 0.6 is 11.6 Å². The van der Waals surface area contributed by atoms with Gasteiger partial charge < -0.3 is 14.7 Å². The van der Waals surface area contributed by atoms with E-state index in [1.165, 1.54) is 12.8 Å². The molecule has 0 spiro atoms. The SMILES string of the molecule is [C-]#[N+]c1nc(N[C@H](C)C2CC2)c2c(n1)nc(-c1cccc(C)c1)n2C(C)c1ccc(Cl)cc1. The number of nitrogens with zero attached hydrogens (tertiary/aromatic N) is 5. The van der Waals surface area contributed by atoms with E-state index in [0.717, 1.165) is 28.0 Å².